The van der Waals surface area contributed by atoms with Crippen molar-refractivity contribution >= 4 is 32.4 Å². The number of nitrogens with zero attached hydrogens (tertiary/aromatic N) is 1. The van der Waals surface area contributed by atoms with Gasteiger partial charge in [0.1, 0.15) is 20.9 Å². The lowest BCUT2D eigenvalue weighted by Gasteiger charge is -2.17. The zero-order chi connectivity index (χ0) is 22.9. The van der Waals surface area contributed by atoms with E-state index in [2.05, 4.69) is 0 Å². The van der Waals surface area contributed by atoms with Crippen molar-refractivity contribution in [2.24, 2.45) is 7.05 Å². The maximum absolute atomic E-state index is 14.2. The molecule has 0 saturated heterocycles. The lowest BCUT2D eigenvalue weighted by Crippen LogP contribution is -2.20. The number of sulfone groups is 1. The molecule has 0 atom stereocenters. The van der Waals surface area contributed by atoms with Crippen LogP contribution in [0.4, 0.5) is 8.78 Å². The zero-order valence-corrected chi connectivity index (χ0v) is 19.8. The molecule has 0 N–H and O–H groups in total. The highest BCUT2D eigenvalue weighted by molar-refractivity contribution is 14.1. The predicted molar refractivity (Wildman–Crippen MR) is 121 cm³/mol. The monoisotopic (exact) mass is 561 g/mol. The van der Waals surface area contributed by atoms with E-state index >= 15 is 0 Å². The zero-order valence-electron chi connectivity index (χ0n) is 16.8. The molecule has 2 aromatic carbocycles. The number of pyridine rings is 1. The molecular formula is C21H18F2INO5S. The summed E-state index contributed by atoms with van der Waals surface area (Å²) in [6.45, 7) is 0. The van der Waals surface area contributed by atoms with Crippen molar-refractivity contribution in [3.05, 3.63) is 73.7 Å². The Morgan fingerprint density at radius 2 is 1.74 bits per heavy atom. The Kier molecular flexibility index (Phi) is 6.70. The molecule has 0 aliphatic carbocycles. The Hall–Kier alpha value is -2.47. The second-order valence-electron chi connectivity index (χ2n) is 6.88. The van der Waals surface area contributed by atoms with Crippen molar-refractivity contribution in [1.82, 2.24) is 4.57 Å². The summed E-state index contributed by atoms with van der Waals surface area (Å²) in [7, 11) is -0.361. The number of methoxy groups -OCH3 is 1. The van der Waals surface area contributed by atoms with Crippen molar-refractivity contribution in [2.45, 2.75) is 5.75 Å². The van der Waals surface area contributed by atoms with Gasteiger partial charge < -0.3 is 14.0 Å². The third-order valence-electron chi connectivity index (χ3n) is 4.36. The molecule has 0 amide bonds. The molecule has 0 radical (unpaired) electrons. The summed E-state index contributed by atoms with van der Waals surface area (Å²) in [4.78, 5) is 12.3. The van der Waals surface area contributed by atoms with E-state index in [0.29, 0.717) is 26.3 Å². The van der Waals surface area contributed by atoms with E-state index in [1.54, 1.807) is 19.2 Å². The third-order valence-corrected chi connectivity index (χ3v) is 6.16. The van der Waals surface area contributed by atoms with E-state index in [1.165, 1.54) is 23.9 Å². The molecule has 10 heteroatoms. The van der Waals surface area contributed by atoms with E-state index in [9.17, 15) is 22.0 Å². The predicted octanol–water partition coefficient (Wildman–Crippen LogP) is 4.28. The Morgan fingerprint density at radius 3 is 2.35 bits per heavy atom. The van der Waals surface area contributed by atoms with E-state index in [0.717, 1.165) is 18.4 Å². The number of halogens is 3. The molecular weight excluding hydrogens is 543 g/mol. The van der Waals surface area contributed by atoms with Crippen LogP contribution < -0.4 is 15.0 Å². The van der Waals surface area contributed by atoms with Crippen LogP contribution in [0, 0.1) is 15.2 Å². The molecule has 1 aromatic heterocycles. The second kappa shape index (κ2) is 8.95. The van der Waals surface area contributed by atoms with E-state index < -0.39 is 21.5 Å². The molecule has 1 heterocycles. The number of aryl methyl sites for hydroxylation is 1. The average molecular weight is 561 g/mol. The summed E-state index contributed by atoms with van der Waals surface area (Å²) in [6, 6.07) is 7.53. The molecule has 3 rings (SSSR count). The lowest BCUT2D eigenvalue weighted by atomic mass is 10.0. The van der Waals surface area contributed by atoms with Gasteiger partial charge in [0.2, 0.25) is 0 Å². The van der Waals surface area contributed by atoms with Crippen LogP contribution >= 0.6 is 22.6 Å². The van der Waals surface area contributed by atoms with Crippen LogP contribution in [0.15, 0.2) is 47.4 Å². The summed E-state index contributed by atoms with van der Waals surface area (Å²) < 4.78 is 63.8. The first-order chi connectivity index (χ1) is 14.5. The number of benzene rings is 2. The molecule has 6 nitrogen and oxygen atoms in total. The Bertz CT molecular complexity index is 1320. The SMILES string of the molecule is COc1c(-c2cc(CS(C)(=O)=O)ccc2Oc2ccc(F)cc2F)cn(C)c(=O)c1I. The number of rotatable bonds is 6. The highest BCUT2D eigenvalue weighted by Gasteiger charge is 2.20. The van der Waals surface area contributed by atoms with Gasteiger partial charge in [-0.15, -0.1) is 0 Å². The molecule has 31 heavy (non-hydrogen) atoms. The standard InChI is InChI=1S/C21H18F2INO5S/c1-25-10-15(20(29-2)19(24)21(25)26)14-8-12(11-31(3,27)28)4-6-17(14)30-18-7-5-13(22)9-16(18)23/h4-10H,11H2,1-3H3. The molecule has 164 valence electrons. The maximum Gasteiger partial charge on any atom is 0.267 e. The highest BCUT2D eigenvalue weighted by Crippen LogP contribution is 2.40. The molecule has 0 bridgehead atoms. The van der Waals surface area contributed by atoms with E-state index in [4.69, 9.17) is 9.47 Å². The first kappa shape index (κ1) is 23.2. The van der Waals surface area contributed by atoms with Crippen molar-refractivity contribution in [2.75, 3.05) is 13.4 Å². The van der Waals surface area contributed by atoms with Crippen LogP contribution in [0.2, 0.25) is 0 Å². The summed E-state index contributed by atoms with van der Waals surface area (Å²) in [5.41, 5.74) is 1.02. The third kappa shape index (κ3) is 5.24. The smallest absolute Gasteiger partial charge is 0.267 e. The summed E-state index contributed by atoms with van der Waals surface area (Å²) in [5, 5.41) is 0. The van der Waals surface area contributed by atoms with Crippen LogP contribution in [0.3, 0.4) is 0 Å². The average Bonchev–Trinajstić information content (AvgIpc) is 2.68. The number of aromatic nitrogens is 1. The fourth-order valence-corrected chi connectivity index (χ4v) is 4.69. The Labute approximate surface area is 191 Å². The van der Waals surface area contributed by atoms with Crippen molar-refractivity contribution in [3.63, 3.8) is 0 Å². The van der Waals surface area contributed by atoms with Crippen LogP contribution in [0.25, 0.3) is 11.1 Å². The Balaban J connectivity index is 2.25. The van der Waals surface area contributed by atoms with Crippen LogP contribution in [-0.4, -0.2) is 26.4 Å². The van der Waals surface area contributed by atoms with Crippen molar-refractivity contribution in [3.8, 4) is 28.4 Å². The second-order valence-corrected chi connectivity index (χ2v) is 10.1. The first-order valence-corrected chi connectivity index (χ1v) is 12.0. The van der Waals surface area contributed by atoms with Gasteiger partial charge in [-0.3, -0.25) is 4.79 Å². The molecule has 0 aliphatic rings. The Morgan fingerprint density at radius 1 is 1.06 bits per heavy atom. The van der Waals surface area contributed by atoms with Gasteiger partial charge in [0.05, 0.1) is 12.9 Å². The molecule has 0 saturated carbocycles. The number of hydrogen-bond acceptors (Lipinski definition) is 5. The highest BCUT2D eigenvalue weighted by atomic mass is 127. The first-order valence-electron chi connectivity index (χ1n) is 8.87. The van der Waals surface area contributed by atoms with E-state index in [-0.39, 0.29) is 28.6 Å². The molecule has 0 spiro atoms. The fraction of sp³-hybridized carbons (Fsp3) is 0.190. The van der Waals surface area contributed by atoms with Gasteiger partial charge in [-0.1, -0.05) is 6.07 Å². The van der Waals surface area contributed by atoms with Gasteiger partial charge in [0.15, 0.2) is 21.4 Å². The fourth-order valence-electron chi connectivity index (χ4n) is 3.02. The van der Waals surface area contributed by atoms with E-state index in [1.807, 2.05) is 22.6 Å². The topological polar surface area (TPSA) is 74.6 Å². The minimum absolute atomic E-state index is 0.176. The summed E-state index contributed by atoms with van der Waals surface area (Å²) >= 11 is 1.86. The quantitative estimate of drug-likeness (QED) is 0.421. The van der Waals surface area contributed by atoms with Crippen LogP contribution in [0.1, 0.15) is 5.56 Å². The summed E-state index contributed by atoms with van der Waals surface area (Å²) in [6.07, 6.45) is 2.64. The number of hydrogen-bond donors (Lipinski definition) is 0. The molecule has 0 fully saturated rings. The molecule has 3 aromatic rings. The van der Waals surface area contributed by atoms with Gasteiger partial charge >= 0.3 is 0 Å². The molecule has 0 aliphatic heterocycles. The number of ether oxygens (including phenoxy) is 2. The minimum atomic E-state index is -3.33. The van der Waals surface area contributed by atoms with Crippen LogP contribution in [0.5, 0.6) is 17.2 Å². The molecule has 0 unspecified atom stereocenters. The normalized spacial score (nSPS) is 11.4. The van der Waals surface area contributed by atoms with Gasteiger partial charge in [-0.25, -0.2) is 17.2 Å². The summed E-state index contributed by atoms with van der Waals surface area (Å²) in [5.74, 6) is -1.63. The maximum atomic E-state index is 14.2. The van der Waals surface area contributed by atoms with Crippen LogP contribution in [-0.2, 0) is 22.6 Å². The van der Waals surface area contributed by atoms with Gasteiger partial charge in [0.25, 0.3) is 5.56 Å². The lowest BCUT2D eigenvalue weighted by molar-refractivity contribution is 0.410. The van der Waals surface area contributed by atoms with Crippen molar-refractivity contribution in [1.29, 1.82) is 0 Å². The minimum Gasteiger partial charge on any atom is -0.495 e. The van der Waals surface area contributed by atoms with Gasteiger partial charge in [-0.05, 0) is 52.4 Å². The van der Waals surface area contributed by atoms with Gasteiger partial charge in [0, 0.05) is 36.7 Å². The van der Waals surface area contributed by atoms with Gasteiger partial charge in [-0.2, -0.15) is 0 Å². The van der Waals surface area contributed by atoms with Crippen molar-refractivity contribution < 1.29 is 26.7 Å². The largest absolute Gasteiger partial charge is 0.495 e.